The quantitative estimate of drug-likeness (QED) is 0.823. The monoisotopic (exact) mass is 340 g/mol. The molecule has 3 heterocycles. The molecule has 2 N–H and O–H groups in total. The van der Waals surface area contributed by atoms with E-state index in [9.17, 15) is 4.79 Å². The molecule has 2 aromatic heterocycles. The number of rotatable bonds is 6. The van der Waals surface area contributed by atoms with Gasteiger partial charge in [-0.25, -0.2) is 4.98 Å². The fourth-order valence-electron chi connectivity index (χ4n) is 2.85. The summed E-state index contributed by atoms with van der Waals surface area (Å²) in [7, 11) is 0. The first-order chi connectivity index (χ1) is 12.1. The summed E-state index contributed by atoms with van der Waals surface area (Å²) in [5, 5.41) is 18.5. The number of carbonyl (C=O) groups is 1. The first-order valence-corrected chi connectivity index (χ1v) is 8.18. The first kappa shape index (κ1) is 16.9. The van der Waals surface area contributed by atoms with E-state index < -0.39 is 0 Å². The van der Waals surface area contributed by atoms with Crippen LogP contribution in [0.15, 0.2) is 28.9 Å². The van der Waals surface area contributed by atoms with Crippen molar-refractivity contribution in [3.8, 4) is 6.07 Å². The van der Waals surface area contributed by atoms with E-state index >= 15 is 0 Å². The Kier molecular flexibility index (Phi) is 5.26. The Morgan fingerprint density at radius 2 is 2.36 bits per heavy atom. The zero-order chi connectivity index (χ0) is 17.6. The van der Waals surface area contributed by atoms with Crippen LogP contribution in [0.2, 0.25) is 0 Å². The van der Waals surface area contributed by atoms with Crippen LogP contribution in [-0.4, -0.2) is 47.1 Å². The number of likely N-dealkylation sites (tertiary alicyclic amines) is 1. The lowest BCUT2D eigenvalue weighted by molar-refractivity contribution is -0.117. The van der Waals surface area contributed by atoms with Crippen molar-refractivity contribution in [2.24, 2.45) is 5.92 Å². The second-order valence-corrected chi connectivity index (χ2v) is 6.19. The van der Waals surface area contributed by atoms with E-state index in [0.717, 1.165) is 31.9 Å². The Morgan fingerprint density at radius 3 is 3.04 bits per heavy atom. The van der Waals surface area contributed by atoms with Crippen LogP contribution in [0, 0.1) is 24.2 Å². The fourth-order valence-corrected chi connectivity index (χ4v) is 2.85. The van der Waals surface area contributed by atoms with Crippen molar-refractivity contribution >= 4 is 17.5 Å². The molecule has 1 atom stereocenters. The van der Waals surface area contributed by atoms with Gasteiger partial charge >= 0.3 is 0 Å². The predicted molar refractivity (Wildman–Crippen MR) is 91.9 cm³/mol. The SMILES string of the molecule is Cc1cc(NC(=O)CN2CC[C@@H](CNc3ccc(C#N)cn3)C2)no1. The highest BCUT2D eigenvalue weighted by atomic mass is 16.5. The number of nitriles is 1. The molecule has 1 amide bonds. The summed E-state index contributed by atoms with van der Waals surface area (Å²) in [6, 6.07) is 7.29. The molecule has 1 saturated heterocycles. The summed E-state index contributed by atoms with van der Waals surface area (Å²) in [6.45, 7) is 4.66. The smallest absolute Gasteiger partial charge is 0.239 e. The average Bonchev–Trinajstić information content (AvgIpc) is 3.22. The van der Waals surface area contributed by atoms with Gasteiger partial charge < -0.3 is 15.2 Å². The van der Waals surface area contributed by atoms with Crippen LogP contribution in [0.3, 0.4) is 0 Å². The normalized spacial score (nSPS) is 17.2. The third-order valence-electron chi connectivity index (χ3n) is 4.10. The van der Waals surface area contributed by atoms with Crippen LogP contribution in [0.1, 0.15) is 17.7 Å². The molecule has 0 aromatic carbocycles. The lowest BCUT2D eigenvalue weighted by Gasteiger charge is -2.15. The van der Waals surface area contributed by atoms with Crippen LogP contribution in [0.5, 0.6) is 0 Å². The number of pyridine rings is 1. The maximum absolute atomic E-state index is 12.0. The van der Waals surface area contributed by atoms with Gasteiger partial charge in [0.25, 0.3) is 0 Å². The third-order valence-corrected chi connectivity index (χ3v) is 4.10. The molecule has 25 heavy (non-hydrogen) atoms. The molecule has 8 nitrogen and oxygen atoms in total. The van der Waals surface area contributed by atoms with Gasteiger partial charge in [-0.2, -0.15) is 5.26 Å². The summed E-state index contributed by atoms with van der Waals surface area (Å²) >= 11 is 0. The number of hydrogen-bond donors (Lipinski definition) is 2. The maximum Gasteiger partial charge on any atom is 0.239 e. The van der Waals surface area contributed by atoms with Crippen molar-refractivity contribution in [3.63, 3.8) is 0 Å². The van der Waals surface area contributed by atoms with Crippen LogP contribution in [0.25, 0.3) is 0 Å². The van der Waals surface area contributed by atoms with Gasteiger partial charge in [0, 0.05) is 25.4 Å². The van der Waals surface area contributed by atoms with E-state index in [-0.39, 0.29) is 5.91 Å². The number of anilines is 2. The molecule has 0 bridgehead atoms. The van der Waals surface area contributed by atoms with Crippen molar-refractivity contribution in [3.05, 3.63) is 35.7 Å². The van der Waals surface area contributed by atoms with Gasteiger partial charge in [0.2, 0.25) is 5.91 Å². The van der Waals surface area contributed by atoms with E-state index in [1.165, 1.54) is 0 Å². The third kappa shape index (κ3) is 4.78. The van der Waals surface area contributed by atoms with E-state index in [0.29, 0.717) is 29.6 Å². The molecule has 8 heteroatoms. The van der Waals surface area contributed by atoms with Crippen molar-refractivity contribution < 1.29 is 9.32 Å². The molecule has 3 rings (SSSR count). The fraction of sp³-hybridized carbons (Fsp3) is 0.412. The predicted octanol–water partition coefficient (Wildman–Crippen LogP) is 1.62. The number of hydrogen-bond acceptors (Lipinski definition) is 7. The highest BCUT2D eigenvalue weighted by Crippen LogP contribution is 2.17. The molecule has 0 saturated carbocycles. The summed E-state index contributed by atoms with van der Waals surface area (Å²) in [5.41, 5.74) is 0.547. The number of carbonyl (C=O) groups excluding carboxylic acids is 1. The van der Waals surface area contributed by atoms with Crippen LogP contribution in [-0.2, 0) is 4.79 Å². The molecule has 1 fully saturated rings. The van der Waals surface area contributed by atoms with Crippen molar-refractivity contribution in [1.29, 1.82) is 5.26 Å². The van der Waals surface area contributed by atoms with Crippen molar-refractivity contribution in [1.82, 2.24) is 15.0 Å². The van der Waals surface area contributed by atoms with Gasteiger partial charge in [0.1, 0.15) is 17.6 Å². The highest BCUT2D eigenvalue weighted by molar-refractivity contribution is 5.91. The molecule has 0 spiro atoms. The highest BCUT2D eigenvalue weighted by Gasteiger charge is 2.24. The van der Waals surface area contributed by atoms with Gasteiger partial charge in [0.05, 0.1) is 12.1 Å². The van der Waals surface area contributed by atoms with E-state index in [1.54, 1.807) is 31.3 Å². The van der Waals surface area contributed by atoms with E-state index in [2.05, 4.69) is 25.7 Å². The minimum absolute atomic E-state index is 0.0873. The molecule has 1 aliphatic heterocycles. The standard InChI is InChI=1S/C17H20N6O2/c1-12-6-16(22-25-12)21-17(24)11-23-5-4-14(10-23)9-20-15-3-2-13(7-18)8-19-15/h2-3,6,8,14H,4-5,9-11H2,1H3,(H,19,20)(H,21,22,24)/t14-/m0/s1. The largest absolute Gasteiger partial charge is 0.370 e. The van der Waals surface area contributed by atoms with Gasteiger partial charge in [0.15, 0.2) is 5.82 Å². The first-order valence-electron chi connectivity index (χ1n) is 8.18. The van der Waals surface area contributed by atoms with Crippen LogP contribution < -0.4 is 10.6 Å². The second-order valence-electron chi connectivity index (χ2n) is 6.19. The van der Waals surface area contributed by atoms with Gasteiger partial charge in [-0.3, -0.25) is 9.69 Å². The number of aryl methyl sites for hydroxylation is 1. The van der Waals surface area contributed by atoms with Crippen LogP contribution >= 0.6 is 0 Å². The summed E-state index contributed by atoms with van der Waals surface area (Å²) in [5.74, 6) is 2.25. The number of nitrogens with zero attached hydrogens (tertiary/aromatic N) is 4. The zero-order valence-electron chi connectivity index (χ0n) is 14.0. The lowest BCUT2D eigenvalue weighted by atomic mass is 10.1. The Hall–Kier alpha value is -2.92. The zero-order valence-corrected chi connectivity index (χ0v) is 14.0. The van der Waals surface area contributed by atoms with E-state index in [4.69, 9.17) is 9.78 Å². The van der Waals surface area contributed by atoms with E-state index in [1.807, 2.05) is 6.07 Å². The topological polar surface area (TPSA) is 107 Å². The minimum atomic E-state index is -0.0873. The molecule has 2 aromatic rings. The van der Waals surface area contributed by atoms with Gasteiger partial charge in [-0.15, -0.1) is 0 Å². The molecular weight excluding hydrogens is 320 g/mol. The molecule has 1 aliphatic rings. The van der Waals surface area contributed by atoms with Crippen LogP contribution in [0.4, 0.5) is 11.6 Å². The van der Waals surface area contributed by atoms with Gasteiger partial charge in [-0.05, 0) is 37.9 Å². The summed E-state index contributed by atoms with van der Waals surface area (Å²) in [4.78, 5) is 18.4. The number of amides is 1. The Bertz CT molecular complexity index is 764. The number of nitrogens with one attached hydrogen (secondary N) is 2. The molecule has 0 unspecified atom stereocenters. The Balaban J connectivity index is 1.40. The lowest BCUT2D eigenvalue weighted by Crippen LogP contribution is -2.32. The molecular formula is C17H20N6O2. The maximum atomic E-state index is 12.0. The molecule has 0 aliphatic carbocycles. The number of aromatic nitrogens is 2. The minimum Gasteiger partial charge on any atom is -0.370 e. The van der Waals surface area contributed by atoms with Gasteiger partial charge in [-0.1, -0.05) is 5.16 Å². The molecule has 0 radical (unpaired) electrons. The summed E-state index contributed by atoms with van der Waals surface area (Å²) in [6.07, 6.45) is 2.58. The Morgan fingerprint density at radius 1 is 1.48 bits per heavy atom. The average molecular weight is 340 g/mol. The van der Waals surface area contributed by atoms with Crippen molar-refractivity contribution in [2.45, 2.75) is 13.3 Å². The second kappa shape index (κ2) is 7.77. The summed E-state index contributed by atoms with van der Waals surface area (Å²) < 4.78 is 4.93. The Labute approximate surface area is 145 Å². The molecule has 130 valence electrons. The van der Waals surface area contributed by atoms with Crippen molar-refractivity contribution in [2.75, 3.05) is 36.8 Å².